The molecule has 0 spiro atoms. The highest BCUT2D eigenvalue weighted by atomic mass is 16.3. The molecule has 4 rings (SSSR count). The second-order valence-electron chi connectivity index (χ2n) is 6.59. The molecule has 0 radical (unpaired) electrons. The van der Waals surface area contributed by atoms with E-state index in [-0.39, 0.29) is 11.7 Å². The van der Waals surface area contributed by atoms with E-state index < -0.39 is 0 Å². The molecule has 1 fully saturated rings. The fraction of sp³-hybridized carbons (Fsp3) is 0.238. The van der Waals surface area contributed by atoms with Crippen LogP contribution in [0, 0.1) is 0 Å². The molecule has 1 N–H and O–H groups in total. The molecule has 3 aromatic rings. The topological polar surface area (TPSA) is 56.7 Å². The summed E-state index contributed by atoms with van der Waals surface area (Å²) in [7, 11) is 0. The average Bonchev–Trinajstić information content (AvgIpc) is 2.69. The number of carbonyl (C=O) groups is 1. The molecule has 1 aliphatic heterocycles. The first-order valence-corrected chi connectivity index (χ1v) is 8.85. The van der Waals surface area contributed by atoms with Crippen LogP contribution < -0.4 is 0 Å². The molecule has 1 saturated heterocycles. The standard InChI is InChI=1S/C21H21N3O2/c25-19-8-4-7-16-9-10-18(22-20(16)19)15-23-11-13-24(14-12-23)21(26)17-5-2-1-3-6-17/h1-10,25H,11-15H2. The second kappa shape index (κ2) is 7.14. The predicted octanol–water partition coefficient (Wildman–Crippen LogP) is 2.90. The monoisotopic (exact) mass is 347 g/mol. The number of nitrogens with zero attached hydrogens (tertiary/aromatic N) is 3. The Kier molecular flexibility index (Phi) is 4.54. The molecule has 0 aliphatic carbocycles. The molecule has 26 heavy (non-hydrogen) atoms. The number of pyridine rings is 1. The lowest BCUT2D eigenvalue weighted by Gasteiger charge is -2.34. The number of amides is 1. The molecule has 5 heteroatoms. The fourth-order valence-electron chi connectivity index (χ4n) is 3.36. The summed E-state index contributed by atoms with van der Waals surface area (Å²) in [5.41, 5.74) is 2.32. The lowest BCUT2D eigenvalue weighted by Crippen LogP contribution is -2.48. The summed E-state index contributed by atoms with van der Waals surface area (Å²) >= 11 is 0. The van der Waals surface area contributed by atoms with Crippen LogP contribution in [0.1, 0.15) is 16.1 Å². The molecule has 2 aromatic carbocycles. The number of hydrogen-bond donors (Lipinski definition) is 1. The maximum absolute atomic E-state index is 12.5. The number of phenolic OH excluding ortho intramolecular Hbond substituents is 1. The number of carbonyl (C=O) groups excluding carboxylic acids is 1. The van der Waals surface area contributed by atoms with E-state index in [0.717, 1.165) is 36.3 Å². The van der Waals surface area contributed by atoms with E-state index in [1.54, 1.807) is 6.07 Å². The van der Waals surface area contributed by atoms with Gasteiger partial charge in [-0.2, -0.15) is 0 Å². The molecule has 0 saturated carbocycles. The van der Waals surface area contributed by atoms with Crippen LogP contribution in [0.2, 0.25) is 0 Å². The van der Waals surface area contributed by atoms with Crippen LogP contribution in [0.4, 0.5) is 0 Å². The number of fused-ring (bicyclic) bond motifs is 1. The number of aromatic nitrogens is 1. The van der Waals surface area contributed by atoms with Crippen LogP contribution in [-0.4, -0.2) is 52.0 Å². The van der Waals surface area contributed by atoms with Crippen LogP contribution in [0.25, 0.3) is 10.9 Å². The summed E-state index contributed by atoms with van der Waals surface area (Å²) in [4.78, 5) is 21.3. The summed E-state index contributed by atoms with van der Waals surface area (Å²) < 4.78 is 0. The van der Waals surface area contributed by atoms with E-state index in [9.17, 15) is 9.90 Å². The maximum Gasteiger partial charge on any atom is 0.253 e. The Bertz CT molecular complexity index is 919. The third kappa shape index (κ3) is 3.39. The van der Waals surface area contributed by atoms with Gasteiger partial charge in [-0.05, 0) is 24.3 Å². The van der Waals surface area contributed by atoms with Gasteiger partial charge in [0.05, 0.1) is 5.69 Å². The van der Waals surface area contributed by atoms with Crippen molar-refractivity contribution >= 4 is 16.8 Å². The second-order valence-corrected chi connectivity index (χ2v) is 6.59. The number of para-hydroxylation sites is 1. The van der Waals surface area contributed by atoms with Gasteiger partial charge >= 0.3 is 0 Å². The molecule has 1 aliphatic rings. The van der Waals surface area contributed by atoms with E-state index in [2.05, 4.69) is 9.88 Å². The molecule has 2 heterocycles. The molecule has 0 atom stereocenters. The van der Waals surface area contributed by atoms with E-state index in [1.165, 1.54) is 0 Å². The highest BCUT2D eigenvalue weighted by molar-refractivity contribution is 5.94. The molecule has 1 aromatic heterocycles. The first-order chi connectivity index (χ1) is 12.7. The fourth-order valence-corrected chi connectivity index (χ4v) is 3.36. The number of piperazine rings is 1. The van der Waals surface area contributed by atoms with Crippen molar-refractivity contribution in [1.29, 1.82) is 0 Å². The van der Waals surface area contributed by atoms with Gasteiger partial charge in [0, 0.05) is 43.7 Å². The summed E-state index contributed by atoms with van der Waals surface area (Å²) in [6.45, 7) is 3.79. The summed E-state index contributed by atoms with van der Waals surface area (Å²) in [5, 5.41) is 10.9. The molecular formula is C21H21N3O2. The van der Waals surface area contributed by atoms with Crippen molar-refractivity contribution in [2.75, 3.05) is 26.2 Å². The normalized spacial score (nSPS) is 15.3. The first-order valence-electron chi connectivity index (χ1n) is 8.85. The lowest BCUT2D eigenvalue weighted by atomic mass is 10.1. The Morgan fingerprint density at radius 1 is 0.923 bits per heavy atom. The molecular weight excluding hydrogens is 326 g/mol. The van der Waals surface area contributed by atoms with Crippen LogP contribution in [0.3, 0.4) is 0 Å². The van der Waals surface area contributed by atoms with E-state index in [4.69, 9.17) is 0 Å². The number of rotatable bonds is 3. The molecule has 0 unspecified atom stereocenters. The Morgan fingerprint density at radius 3 is 2.46 bits per heavy atom. The van der Waals surface area contributed by atoms with E-state index >= 15 is 0 Å². The Labute approximate surface area is 152 Å². The zero-order chi connectivity index (χ0) is 17.9. The Hall–Kier alpha value is -2.92. The van der Waals surface area contributed by atoms with Crippen molar-refractivity contribution in [2.24, 2.45) is 0 Å². The Morgan fingerprint density at radius 2 is 1.69 bits per heavy atom. The van der Waals surface area contributed by atoms with Crippen molar-refractivity contribution in [3.8, 4) is 5.75 Å². The number of hydrogen-bond acceptors (Lipinski definition) is 4. The minimum Gasteiger partial charge on any atom is -0.506 e. The van der Waals surface area contributed by atoms with Crippen LogP contribution in [0.15, 0.2) is 60.7 Å². The van der Waals surface area contributed by atoms with E-state index in [0.29, 0.717) is 18.6 Å². The van der Waals surface area contributed by atoms with Gasteiger partial charge in [-0.1, -0.05) is 36.4 Å². The number of benzene rings is 2. The molecule has 5 nitrogen and oxygen atoms in total. The van der Waals surface area contributed by atoms with Crippen molar-refractivity contribution in [3.63, 3.8) is 0 Å². The molecule has 1 amide bonds. The van der Waals surface area contributed by atoms with Crippen molar-refractivity contribution in [3.05, 3.63) is 71.9 Å². The first kappa shape index (κ1) is 16.5. The zero-order valence-corrected chi connectivity index (χ0v) is 14.5. The van der Waals surface area contributed by atoms with Gasteiger partial charge in [-0.3, -0.25) is 9.69 Å². The van der Waals surface area contributed by atoms with Crippen LogP contribution in [-0.2, 0) is 6.54 Å². The van der Waals surface area contributed by atoms with Gasteiger partial charge in [-0.25, -0.2) is 4.98 Å². The van der Waals surface area contributed by atoms with Gasteiger partial charge in [0.1, 0.15) is 11.3 Å². The van der Waals surface area contributed by atoms with Crippen molar-refractivity contribution in [1.82, 2.24) is 14.8 Å². The minimum absolute atomic E-state index is 0.0963. The summed E-state index contributed by atoms with van der Waals surface area (Å²) in [6.07, 6.45) is 0. The largest absolute Gasteiger partial charge is 0.506 e. The highest BCUT2D eigenvalue weighted by Gasteiger charge is 2.22. The predicted molar refractivity (Wildman–Crippen MR) is 101 cm³/mol. The third-order valence-electron chi connectivity index (χ3n) is 4.82. The number of aromatic hydroxyl groups is 1. The Balaban J connectivity index is 1.40. The zero-order valence-electron chi connectivity index (χ0n) is 14.5. The van der Waals surface area contributed by atoms with E-state index in [1.807, 2.05) is 59.5 Å². The van der Waals surface area contributed by atoms with Crippen LogP contribution in [0.5, 0.6) is 5.75 Å². The molecule has 0 bridgehead atoms. The average molecular weight is 347 g/mol. The van der Waals surface area contributed by atoms with Gasteiger partial charge in [-0.15, -0.1) is 0 Å². The SMILES string of the molecule is O=C(c1ccccc1)N1CCN(Cc2ccc3cccc(O)c3n2)CC1. The lowest BCUT2D eigenvalue weighted by molar-refractivity contribution is 0.0627. The van der Waals surface area contributed by atoms with Gasteiger partial charge < -0.3 is 10.0 Å². The molecule has 132 valence electrons. The summed E-state index contributed by atoms with van der Waals surface area (Å²) in [6, 6.07) is 18.8. The van der Waals surface area contributed by atoms with Gasteiger partial charge in [0.15, 0.2) is 0 Å². The summed E-state index contributed by atoms with van der Waals surface area (Å²) in [5.74, 6) is 0.307. The maximum atomic E-state index is 12.5. The van der Waals surface area contributed by atoms with Crippen molar-refractivity contribution in [2.45, 2.75) is 6.54 Å². The highest BCUT2D eigenvalue weighted by Crippen LogP contribution is 2.23. The van der Waals surface area contributed by atoms with Crippen LogP contribution >= 0.6 is 0 Å². The third-order valence-corrected chi connectivity index (χ3v) is 4.82. The minimum atomic E-state index is 0.0963. The van der Waals surface area contributed by atoms with Gasteiger partial charge in [0.25, 0.3) is 5.91 Å². The quantitative estimate of drug-likeness (QED) is 0.791. The van der Waals surface area contributed by atoms with Crippen molar-refractivity contribution < 1.29 is 9.90 Å². The van der Waals surface area contributed by atoms with Gasteiger partial charge in [0.2, 0.25) is 0 Å². The number of phenols is 1. The smallest absolute Gasteiger partial charge is 0.253 e.